The van der Waals surface area contributed by atoms with Gasteiger partial charge in [-0.05, 0) is 25.1 Å². The molecule has 3 aromatic rings. The number of imidazole rings is 1. The third-order valence-electron chi connectivity index (χ3n) is 3.83. The quantitative estimate of drug-likeness (QED) is 0.289. The maximum Gasteiger partial charge on any atom is 0.433 e. The van der Waals surface area contributed by atoms with Gasteiger partial charge in [0, 0.05) is 13.3 Å². The van der Waals surface area contributed by atoms with E-state index in [4.69, 9.17) is 4.42 Å². The van der Waals surface area contributed by atoms with Crippen molar-refractivity contribution in [3.63, 3.8) is 0 Å². The first kappa shape index (κ1) is 19.8. The lowest BCUT2D eigenvalue weighted by Crippen LogP contribution is -2.29. The minimum atomic E-state index is -0.789. The summed E-state index contributed by atoms with van der Waals surface area (Å²) < 4.78 is 7.55. The molecule has 29 heavy (non-hydrogen) atoms. The van der Waals surface area contributed by atoms with Crippen molar-refractivity contribution in [2.75, 3.05) is 5.43 Å². The van der Waals surface area contributed by atoms with Crippen molar-refractivity contribution in [3.05, 3.63) is 54.9 Å². The van der Waals surface area contributed by atoms with E-state index in [0.717, 1.165) is 0 Å². The Bertz CT molecular complexity index is 1230. The Labute approximate surface area is 161 Å². The average molecular weight is 403 g/mol. The number of aliphatic hydroxyl groups is 1. The molecule has 0 aliphatic carbocycles. The Morgan fingerprint density at radius 3 is 2.90 bits per heavy atom. The predicted molar refractivity (Wildman–Crippen MR) is 104 cm³/mol. The van der Waals surface area contributed by atoms with Gasteiger partial charge in [-0.2, -0.15) is 10.1 Å². The number of aromatic nitrogens is 4. The SMILES string of the molecule is CC(O)Cn1c(NN=CC=Cc2ccc([N+](=O)[O-])o2)nc2c1c(=O)[nH]c(=O)n2C. The number of fused-ring (bicyclic) bond motifs is 1. The van der Waals surface area contributed by atoms with Crippen molar-refractivity contribution < 1.29 is 14.4 Å². The number of hydrazone groups is 1. The number of aliphatic hydroxyl groups excluding tert-OH is 1. The van der Waals surface area contributed by atoms with Crippen LogP contribution in [0.5, 0.6) is 0 Å². The van der Waals surface area contributed by atoms with Crippen LogP contribution in [-0.4, -0.2) is 41.5 Å². The largest absolute Gasteiger partial charge is 0.433 e. The van der Waals surface area contributed by atoms with Gasteiger partial charge in [0.15, 0.2) is 11.2 Å². The van der Waals surface area contributed by atoms with Crippen molar-refractivity contribution in [2.24, 2.45) is 12.1 Å². The molecule has 1 atom stereocenters. The van der Waals surface area contributed by atoms with Crippen LogP contribution in [0.15, 0.2) is 37.3 Å². The van der Waals surface area contributed by atoms with Crippen LogP contribution in [0, 0.1) is 10.1 Å². The van der Waals surface area contributed by atoms with Crippen molar-refractivity contribution in [2.45, 2.75) is 19.6 Å². The first-order chi connectivity index (χ1) is 13.8. The summed E-state index contributed by atoms with van der Waals surface area (Å²) in [7, 11) is 1.46. The number of nitrogens with zero attached hydrogens (tertiary/aromatic N) is 5. The minimum Gasteiger partial charge on any atom is -0.401 e. The summed E-state index contributed by atoms with van der Waals surface area (Å²) in [6, 6.07) is 2.67. The van der Waals surface area contributed by atoms with Gasteiger partial charge >= 0.3 is 11.6 Å². The summed E-state index contributed by atoms with van der Waals surface area (Å²) >= 11 is 0. The number of hydrogen-bond acceptors (Lipinski definition) is 9. The van der Waals surface area contributed by atoms with Gasteiger partial charge in [-0.15, -0.1) is 0 Å². The number of furan rings is 1. The number of nitro groups is 1. The highest BCUT2D eigenvalue weighted by Crippen LogP contribution is 2.17. The summed E-state index contributed by atoms with van der Waals surface area (Å²) in [5, 5.41) is 24.3. The van der Waals surface area contributed by atoms with Gasteiger partial charge < -0.3 is 14.1 Å². The van der Waals surface area contributed by atoms with Crippen LogP contribution in [0.4, 0.5) is 11.8 Å². The van der Waals surface area contributed by atoms with Gasteiger partial charge in [-0.25, -0.2) is 10.2 Å². The molecule has 0 saturated carbocycles. The molecule has 3 N–H and O–H groups in total. The van der Waals surface area contributed by atoms with Crippen molar-refractivity contribution in [1.82, 2.24) is 19.1 Å². The zero-order valence-electron chi connectivity index (χ0n) is 15.4. The van der Waals surface area contributed by atoms with Gasteiger partial charge in [0.25, 0.3) is 5.56 Å². The van der Waals surface area contributed by atoms with E-state index in [1.165, 1.54) is 46.7 Å². The van der Waals surface area contributed by atoms with Gasteiger partial charge in [0.05, 0.1) is 18.7 Å². The van der Waals surface area contributed by atoms with E-state index in [1.54, 1.807) is 6.92 Å². The topological polar surface area (TPSA) is 174 Å². The van der Waals surface area contributed by atoms with E-state index in [0.29, 0.717) is 0 Å². The summed E-state index contributed by atoms with van der Waals surface area (Å²) in [6.45, 7) is 1.59. The van der Waals surface area contributed by atoms with Gasteiger partial charge in [-0.1, -0.05) is 0 Å². The minimum absolute atomic E-state index is 0.0432. The normalized spacial score (nSPS) is 12.9. The Hall–Kier alpha value is -4.00. The molecular formula is C16H17N7O6. The van der Waals surface area contributed by atoms with Gasteiger partial charge in [0.2, 0.25) is 5.95 Å². The van der Waals surface area contributed by atoms with Crippen LogP contribution >= 0.6 is 0 Å². The molecule has 0 amide bonds. The summed E-state index contributed by atoms with van der Waals surface area (Å²) in [6.07, 6.45) is 3.48. The third kappa shape index (κ3) is 4.14. The Balaban J connectivity index is 1.86. The number of anilines is 1. The second-order valence-electron chi connectivity index (χ2n) is 6.07. The lowest BCUT2D eigenvalue weighted by molar-refractivity contribution is -0.402. The number of allylic oxidation sites excluding steroid dienone is 1. The molecule has 3 aromatic heterocycles. The number of aromatic amines is 1. The molecule has 13 heteroatoms. The van der Waals surface area contributed by atoms with Crippen LogP contribution in [-0.2, 0) is 13.6 Å². The van der Waals surface area contributed by atoms with Crippen LogP contribution in [0.3, 0.4) is 0 Å². The Morgan fingerprint density at radius 1 is 1.48 bits per heavy atom. The summed E-state index contributed by atoms with van der Waals surface area (Å²) in [4.78, 5) is 40.3. The molecule has 152 valence electrons. The average Bonchev–Trinajstić information content (AvgIpc) is 3.25. The maximum absolute atomic E-state index is 12.2. The van der Waals surface area contributed by atoms with Crippen LogP contribution in [0.1, 0.15) is 12.7 Å². The van der Waals surface area contributed by atoms with E-state index in [2.05, 4.69) is 20.5 Å². The molecule has 0 aromatic carbocycles. The summed E-state index contributed by atoms with van der Waals surface area (Å²) in [5.41, 5.74) is 1.65. The molecule has 0 radical (unpaired) electrons. The zero-order valence-corrected chi connectivity index (χ0v) is 15.4. The van der Waals surface area contributed by atoms with E-state index in [9.17, 15) is 24.8 Å². The number of aryl methyl sites for hydroxylation is 1. The highest BCUT2D eigenvalue weighted by Gasteiger charge is 2.18. The molecular weight excluding hydrogens is 386 g/mol. The molecule has 0 bridgehead atoms. The first-order valence-corrected chi connectivity index (χ1v) is 8.35. The molecule has 0 saturated heterocycles. The van der Waals surface area contributed by atoms with Crippen molar-refractivity contribution in [1.29, 1.82) is 0 Å². The first-order valence-electron chi connectivity index (χ1n) is 8.35. The highest BCUT2D eigenvalue weighted by atomic mass is 16.6. The second-order valence-corrected chi connectivity index (χ2v) is 6.07. The van der Waals surface area contributed by atoms with E-state index in [1.807, 2.05) is 0 Å². The predicted octanol–water partition coefficient (Wildman–Crippen LogP) is 0.416. The third-order valence-corrected chi connectivity index (χ3v) is 3.83. The number of nitrogens with one attached hydrogen (secondary N) is 2. The maximum atomic E-state index is 12.2. The fourth-order valence-electron chi connectivity index (χ4n) is 2.57. The second kappa shape index (κ2) is 7.93. The number of H-pyrrole nitrogens is 1. The molecule has 13 nitrogen and oxygen atoms in total. The molecule has 0 aliphatic heterocycles. The molecule has 3 heterocycles. The Morgan fingerprint density at radius 2 is 2.24 bits per heavy atom. The Kier molecular flexibility index (Phi) is 5.40. The fraction of sp³-hybridized carbons (Fsp3) is 0.250. The molecule has 1 unspecified atom stereocenters. The van der Waals surface area contributed by atoms with Crippen LogP contribution < -0.4 is 16.7 Å². The van der Waals surface area contributed by atoms with Crippen LogP contribution in [0.25, 0.3) is 17.2 Å². The zero-order chi connectivity index (χ0) is 21.1. The highest BCUT2D eigenvalue weighted by molar-refractivity contribution is 5.78. The van der Waals surface area contributed by atoms with Crippen molar-refractivity contribution in [3.8, 4) is 0 Å². The van der Waals surface area contributed by atoms with E-state index in [-0.39, 0.29) is 35.3 Å². The van der Waals surface area contributed by atoms with Gasteiger partial charge in [-0.3, -0.25) is 24.5 Å². The van der Waals surface area contributed by atoms with E-state index >= 15 is 0 Å². The lowest BCUT2D eigenvalue weighted by atomic mass is 10.4. The van der Waals surface area contributed by atoms with Crippen molar-refractivity contribution >= 4 is 35.3 Å². The van der Waals surface area contributed by atoms with Gasteiger partial charge in [0.1, 0.15) is 10.7 Å². The number of rotatable bonds is 7. The van der Waals surface area contributed by atoms with Crippen LogP contribution in [0.2, 0.25) is 0 Å². The smallest absolute Gasteiger partial charge is 0.401 e. The van der Waals surface area contributed by atoms with E-state index < -0.39 is 22.3 Å². The molecule has 0 aliphatic rings. The molecule has 3 rings (SSSR count). The standard InChI is InChI=1S/C16H17N7O6/c1-9(24)8-22-12-13(21(2)16(26)19-14(12)25)18-15(22)20-17-7-3-4-10-5-6-11(29-10)23(27)28/h3-7,9,24H,8H2,1-2H3,(H,18,20)(H,19,25,26). The monoisotopic (exact) mass is 403 g/mol. The number of hydrogen-bond donors (Lipinski definition) is 3. The summed E-state index contributed by atoms with van der Waals surface area (Å²) in [5.74, 6) is 0.0410. The molecule has 0 fully saturated rings. The molecule has 0 spiro atoms. The lowest BCUT2D eigenvalue weighted by Gasteiger charge is -2.09. The fourth-order valence-corrected chi connectivity index (χ4v) is 2.57.